The molecule has 0 spiro atoms. The number of hydrogen-bond donors (Lipinski definition) is 0. The number of benzene rings is 1. The number of piperazine rings is 1. The van der Waals surface area contributed by atoms with E-state index >= 15 is 0 Å². The third kappa shape index (κ3) is 3.48. The minimum absolute atomic E-state index is 0.207. The van der Waals surface area contributed by atoms with Crippen LogP contribution in [0.2, 0.25) is 5.02 Å². The summed E-state index contributed by atoms with van der Waals surface area (Å²) in [5.41, 5.74) is 0. The minimum atomic E-state index is -3.55. The number of thiophene rings is 1. The average Bonchev–Trinajstić information content (AvgIpc) is 3.10. The van der Waals surface area contributed by atoms with Crippen LogP contribution in [0.3, 0.4) is 0 Å². The van der Waals surface area contributed by atoms with Crippen molar-refractivity contribution in [2.45, 2.75) is 10.9 Å². The summed E-state index contributed by atoms with van der Waals surface area (Å²) in [7, 11) is -3.55. The van der Waals surface area contributed by atoms with Gasteiger partial charge in [-0.25, -0.2) is 8.42 Å². The molecular weight excluding hydrogens is 366 g/mol. The first-order valence-electron chi connectivity index (χ1n) is 7.45. The summed E-state index contributed by atoms with van der Waals surface area (Å²) in [5, 5.41) is 11.8. The molecule has 0 saturated carbocycles. The number of nitriles is 1. The maximum absolute atomic E-state index is 12.7. The lowest BCUT2D eigenvalue weighted by molar-refractivity contribution is 0.164. The van der Waals surface area contributed by atoms with Gasteiger partial charge in [0.05, 0.1) is 11.0 Å². The largest absolute Gasteiger partial charge is 0.281 e. The molecule has 1 atom stereocenters. The number of halogens is 1. The lowest BCUT2D eigenvalue weighted by Crippen LogP contribution is -2.49. The second kappa shape index (κ2) is 7.21. The van der Waals surface area contributed by atoms with Crippen LogP contribution in [-0.2, 0) is 10.0 Å². The summed E-state index contributed by atoms with van der Waals surface area (Å²) in [6.07, 6.45) is 0. The molecule has 3 rings (SSSR count). The van der Waals surface area contributed by atoms with Crippen molar-refractivity contribution in [3.8, 4) is 6.07 Å². The van der Waals surface area contributed by atoms with Crippen LogP contribution in [0, 0.1) is 11.3 Å². The SMILES string of the molecule is N#CC(c1cccs1)N1CCN(S(=O)(=O)c2cccc(Cl)c2)CC1. The van der Waals surface area contributed by atoms with Gasteiger partial charge in [-0.1, -0.05) is 23.7 Å². The van der Waals surface area contributed by atoms with E-state index < -0.39 is 10.0 Å². The molecule has 1 unspecified atom stereocenters. The molecule has 1 fully saturated rings. The number of hydrogen-bond acceptors (Lipinski definition) is 5. The molecule has 2 heterocycles. The van der Waals surface area contributed by atoms with Gasteiger partial charge in [0.15, 0.2) is 0 Å². The van der Waals surface area contributed by atoms with Gasteiger partial charge < -0.3 is 0 Å². The molecule has 0 radical (unpaired) electrons. The first kappa shape index (κ1) is 17.4. The zero-order valence-electron chi connectivity index (χ0n) is 12.8. The third-order valence-corrected chi connectivity index (χ3v) is 7.06. The van der Waals surface area contributed by atoms with Crippen molar-refractivity contribution < 1.29 is 8.42 Å². The third-order valence-electron chi connectivity index (χ3n) is 4.01. The molecule has 0 bridgehead atoms. The molecule has 1 aromatic carbocycles. The molecule has 0 N–H and O–H groups in total. The molecule has 1 aromatic heterocycles. The van der Waals surface area contributed by atoms with Crippen LogP contribution in [0.15, 0.2) is 46.7 Å². The Morgan fingerprint density at radius 3 is 2.50 bits per heavy atom. The predicted octanol–water partition coefficient (Wildman–Crippen LogP) is 2.97. The molecule has 5 nitrogen and oxygen atoms in total. The average molecular weight is 382 g/mol. The van der Waals surface area contributed by atoms with Crippen molar-refractivity contribution >= 4 is 33.0 Å². The second-order valence-corrected chi connectivity index (χ2v) is 8.80. The van der Waals surface area contributed by atoms with Gasteiger partial charge >= 0.3 is 0 Å². The highest BCUT2D eigenvalue weighted by Gasteiger charge is 2.31. The Bertz CT molecular complexity index is 838. The topological polar surface area (TPSA) is 64.4 Å². The van der Waals surface area contributed by atoms with Crippen molar-refractivity contribution in [2.75, 3.05) is 26.2 Å². The smallest absolute Gasteiger partial charge is 0.243 e. The lowest BCUT2D eigenvalue weighted by Gasteiger charge is -2.35. The Hall–Kier alpha value is -1.43. The second-order valence-electron chi connectivity index (χ2n) is 5.44. The molecule has 8 heteroatoms. The molecular formula is C16H16ClN3O2S2. The highest BCUT2D eigenvalue weighted by molar-refractivity contribution is 7.89. The van der Waals surface area contributed by atoms with Crippen LogP contribution in [0.5, 0.6) is 0 Å². The zero-order chi connectivity index (χ0) is 17.2. The van der Waals surface area contributed by atoms with E-state index in [0.717, 1.165) is 4.88 Å². The Morgan fingerprint density at radius 1 is 1.17 bits per heavy atom. The molecule has 1 aliphatic rings. The fourth-order valence-corrected chi connectivity index (χ4v) is 5.28. The summed E-state index contributed by atoms with van der Waals surface area (Å²) in [4.78, 5) is 3.22. The van der Waals surface area contributed by atoms with Gasteiger partial charge in [0.25, 0.3) is 0 Å². The molecule has 0 aliphatic carbocycles. The summed E-state index contributed by atoms with van der Waals surface area (Å²) < 4.78 is 26.9. The van der Waals surface area contributed by atoms with Gasteiger partial charge in [-0.3, -0.25) is 4.90 Å². The highest BCUT2D eigenvalue weighted by atomic mass is 35.5. The van der Waals surface area contributed by atoms with E-state index in [4.69, 9.17) is 11.6 Å². The maximum atomic E-state index is 12.7. The predicted molar refractivity (Wildman–Crippen MR) is 94.5 cm³/mol. The van der Waals surface area contributed by atoms with E-state index in [1.54, 1.807) is 29.5 Å². The van der Waals surface area contributed by atoms with E-state index in [1.165, 1.54) is 10.4 Å². The maximum Gasteiger partial charge on any atom is 0.243 e. The van der Waals surface area contributed by atoms with Gasteiger partial charge in [-0.15, -0.1) is 11.3 Å². The van der Waals surface area contributed by atoms with Crippen molar-refractivity contribution in [1.29, 1.82) is 5.26 Å². The van der Waals surface area contributed by atoms with Gasteiger partial charge in [0.1, 0.15) is 6.04 Å². The first-order chi connectivity index (χ1) is 11.5. The summed E-state index contributed by atoms with van der Waals surface area (Å²) in [5.74, 6) is 0. The van der Waals surface area contributed by atoms with Crippen LogP contribution in [0.1, 0.15) is 10.9 Å². The van der Waals surface area contributed by atoms with E-state index in [1.807, 2.05) is 22.4 Å². The van der Waals surface area contributed by atoms with E-state index in [0.29, 0.717) is 31.2 Å². The molecule has 126 valence electrons. The van der Waals surface area contributed by atoms with E-state index in [9.17, 15) is 13.7 Å². The normalized spacial score (nSPS) is 18.2. The Balaban J connectivity index is 1.72. The summed E-state index contributed by atoms with van der Waals surface area (Å²) in [6, 6.07) is 12.2. The van der Waals surface area contributed by atoms with Crippen molar-refractivity contribution in [1.82, 2.24) is 9.21 Å². The Kier molecular flexibility index (Phi) is 5.23. The zero-order valence-corrected chi connectivity index (χ0v) is 15.2. The van der Waals surface area contributed by atoms with Gasteiger partial charge in [-0.2, -0.15) is 9.57 Å². The van der Waals surface area contributed by atoms with Crippen LogP contribution >= 0.6 is 22.9 Å². The molecule has 24 heavy (non-hydrogen) atoms. The fourth-order valence-electron chi connectivity index (χ4n) is 2.75. The van der Waals surface area contributed by atoms with Gasteiger partial charge in [-0.05, 0) is 29.6 Å². The molecule has 1 aliphatic heterocycles. The monoisotopic (exact) mass is 381 g/mol. The van der Waals surface area contributed by atoms with Crippen molar-refractivity contribution in [3.63, 3.8) is 0 Å². The van der Waals surface area contributed by atoms with Gasteiger partial charge in [0, 0.05) is 36.1 Å². The standard InChI is InChI=1S/C16H16ClN3O2S2/c17-13-3-1-4-14(11-13)24(21,22)20-8-6-19(7-9-20)15(12-18)16-5-2-10-23-16/h1-5,10-11,15H,6-9H2. The van der Waals surface area contributed by atoms with Crippen molar-refractivity contribution in [2.24, 2.45) is 0 Å². The molecule has 0 amide bonds. The minimum Gasteiger partial charge on any atom is -0.281 e. The quantitative estimate of drug-likeness (QED) is 0.816. The van der Waals surface area contributed by atoms with Crippen LogP contribution < -0.4 is 0 Å². The Morgan fingerprint density at radius 2 is 1.92 bits per heavy atom. The Labute approximate surface area is 150 Å². The fraction of sp³-hybridized carbons (Fsp3) is 0.312. The number of nitrogens with zero attached hydrogens (tertiary/aromatic N) is 3. The van der Waals surface area contributed by atoms with Crippen LogP contribution in [0.4, 0.5) is 0 Å². The van der Waals surface area contributed by atoms with Crippen LogP contribution in [0.25, 0.3) is 0 Å². The molecule has 1 saturated heterocycles. The van der Waals surface area contributed by atoms with E-state index in [-0.39, 0.29) is 10.9 Å². The van der Waals surface area contributed by atoms with Crippen molar-refractivity contribution in [3.05, 3.63) is 51.7 Å². The number of rotatable bonds is 4. The van der Waals surface area contributed by atoms with Gasteiger partial charge in [0.2, 0.25) is 10.0 Å². The summed E-state index contributed by atoms with van der Waals surface area (Å²) >= 11 is 7.45. The summed E-state index contributed by atoms with van der Waals surface area (Å²) in [6.45, 7) is 1.77. The highest BCUT2D eigenvalue weighted by Crippen LogP contribution is 2.27. The van der Waals surface area contributed by atoms with E-state index in [2.05, 4.69) is 6.07 Å². The number of sulfonamides is 1. The molecule has 2 aromatic rings. The lowest BCUT2D eigenvalue weighted by atomic mass is 10.2. The first-order valence-corrected chi connectivity index (χ1v) is 10.1. The van der Waals surface area contributed by atoms with Crippen LogP contribution in [-0.4, -0.2) is 43.8 Å².